The molecule has 1 unspecified atom stereocenters. The Bertz CT molecular complexity index is 1490. The van der Waals surface area contributed by atoms with Gasteiger partial charge in [0.15, 0.2) is 0 Å². The highest BCUT2D eigenvalue weighted by Crippen LogP contribution is 2.30. The molecule has 0 radical (unpaired) electrons. The summed E-state index contributed by atoms with van der Waals surface area (Å²) in [4.78, 5) is 27.4. The Kier molecular flexibility index (Phi) is 9.03. The van der Waals surface area contributed by atoms with E-state index < -0.39 is 12.1 Å². The van der Waals surface area contributed by atoms with Crippen molar-refractivity contribution in [1.82, 2.24) is 14.1 Å². The van der Waals surface area contributed by atoms with Crippen molar-refractivity contribution in [3.05, 3.63) is 65.1 Å². The average molecular weight is 545 g/mol. The lowest BCUT2D eigenvalue weighted by Gasteiger charge is -2.12. The number of carboxylic acid groups (broad SMARTS) is 1. The van der Waals surface area contributed by atoms with Crippen molar-refractivity contribution in [2.24, 2.45) is 5.73 Å². The van der Waals surface area contributed by atoms with E-state index in [2.05, 4.69) is 22.9 Å². The maximum atomic E-state index is 13.7. The van der Waals surface area contributed by atoms with Crippen LogP contribution in [0.4, 0.5) is 13.2 Å². The van der Waals surface area contributed by atoms with Crippen LogP contribution in [0.3, 0.4) is 0 Å². The number of nitrogens with zero attached hydrogens (tertiary/aromatic N) is 3. The summed E-state index contributed by atoms with van der Waals surface area (Å²) in [6, 6.07) is 16.2. The van der Waals surface area contributed by atoms with Crippen LogP contribution in [0.2, 0.25) is 0 Å². The molecule has 8 nitrogen and oxygen atoms in total. The summed E-state index contributed by atoms with van der Waals surface area (Å²) in [5.74, 6) is -2.76. The molecule has 4 aromatic rings. The number of aromatic nitrogens is 3. The van der Waals surface area contributed by atoms with E-state index in [1.807, 2.05) is 41.0 Å². The fraction of sp³-hybridized carbons (Fsp3) is 0.393. The standard InChI is InChI=1S/C26H30N4O2.C2HF3O2/c27-14-6-1-7-15-30-24-13-5-3-11-22(24)28-25(26(30)31)21-18-29(17-19-9-8-16-32-19)23-12-4-2-10-20(21)23;3-2(4,5)1(6)7/h2-5,10-13,18-19H,1,6-9,14-17,27H2;(H,6,7). The number of nitrogens with two attached hydrogens (primary N) is 1. The topological polar surface area (TPSA) is 112 Å². The first-order valence-corrected chi connectivity index (χ1v) is 12.9. The normalized spacial score (nSPS) is 15.4. The quantitative estimate of drug-likeness (QED) is 0.303. The number of unbranched alkanes of at least 4 members (excludes halogenated alkanes) is 2. The highest BCUT2D eigenvalue weighted by atomic mass is 19.4. The van der Waals surface area contributed by atoms with Gasteiger partial charge in [0.25, 0.3) is 5.56 Å². The molecule has 3 N–H and O–H groups in total. The van der Waals surface area contributed by atoms with Crippen molar-refractivity contribution >= 4 is 27.9 Å². The van der Waals surface area contributed by atoms with Crippen LogP contribution >= 0.6 is 0 Å². The number of alkyl halides is 3. The fourth-order valence-electron chi connectivity index (χ4n) is 4.78. The van der Waals surface area contributed by atoms with Crippen LogP contribution in [-0.4, -0.2) is 50.6 Å². The highest BCUT2D eigenvalue weighted by molar-refractivity contribution is 5.96. The van der Waals surface area contributed by atoms with Crippen molar-refractivity contribution < 1.29 is 27.8 Å². The summed E-state index contributed by atoms with van der Waals surface area (Å²) in [7, 11) is 0. The van der Waals surface area contributed by atoms with Gasteiger partial charge in [0.05, 0.1) is 17.1 Å². The Balaban J connectivity index is 0.000000448. The summed E-state index contributed by atoms with van der Waals surface area (Å²) in [6.07, 6.45) is 2.32. The molecule has 208 valence electrons. The molecular weight excluding hydrogens is 513 g/mol. The van der Waals surface area contributed by atoms with Crippen molar-refractivity contribution in [3.63, 3.8) is 0 Å². The van der Waals surface area contributed by atoms with Crippen LogP contribution in [0.25, 0.3) is 33.2 Å². The van der Waals surface area contributed by atoms with E-state index in [0.29, 0.717) is 18.8 Å². The molecule has 1 aliphatic rings. The molecule has 0 amide bonds. The third kappa shape index (κ3) is 6.66. The number of hydrogen-bond acceptors (Lipinski definition) is 5. The number of fused-ring (bicyclic) bond motifs is 2. The van der Waals surface area contributed by atoms with Crippen LogP contribution in [0, 0.1) is 0 Å². The van der Waals surface area contributed by atoms with Gasteiger partial charge in [-0.05, 0) is 50.4 Å². The van der Waals surface area contributed by atoms with Gasteiger partial charge in [-0.15, -0.1) is 0 Å². The predicted octanol–water partition coefficient (Wildman–Crippen LogP) is 4.96. The molecule has 2 aromatic heterocycles. The third-order valence-electron chi connectivity index (χ3n) is 6.65. The van der Waals surface area contributed by atoms with Gasteiger partial charge in [-0.2, -0.15) is 13.2 Å². The Morgan fingerprint density at radius 3 is 2.44 bits per heavy atom. The number of aryl methyl sites for hydroxylation is 1. The van der Waals surface area contributed by atoms with Crippen LogP contribution in [-0.2, 0) is 22.6 Å². The molecular formula is C28H31F3N4O4. The third-order valence-corrected chi connectivity index (χ3v) is 6.65. The summed E-state index contributed by atoms with van der Waals surface area (Å²) < 4.78 is 41.7. The first kappa shape index (κ1) is 28.3. The van der Waals surface area contributed by atoms with E-state index in [0.717, 1.165) is 72.8 Å². The van der Waals surface area contributed by atoms with Gasteiger partial charge in [-0.25, -0.2) is 9.78 Å². The molecule has 39 heavy (non-hydrogen) atoms. The molecule has 1 aliphatic heterocycles. The smallest absolute Gasteiger partial charge is 0.475 e. The number of ether oxygens (including phenoxy) is 1. The maximum Gasteiger partial charge on any atom is 0.490 e. The molecule has 2 aromatic carbocycles. The predicted molar refractivity (Wildman–Crippen MR) is 143 cm³/mol. The van der Waals surface area contributed by atoms with E-state index in [9.17, 15) is 18.0 Å². The number of carboxylic acids is 1. The second-order valence-corrected chi connectivity index (χ2v) is 9.41. The molecule has 0 saturated carbocycles. The minimum absolute atomic E-state index is 0.0310. The van der Waals surface area contributed by atoms with E-state index in [4.69, 9.17) is 25.4 Å². The van der Waals surface area contributed by atoms with Crippen molar-refractivity contribution in [2.75, 3.05) is 13.2 Å². The summed E-state index contributed by atoms with van der Waals surface area (Å²) >= 11 is 0. The van der Waals surface area contributed by atoms with E-state index in [1.165, 1.54) is 0 Å². The Labute approximate surface area is 222 Å². The monoisotopic (exact) mass is 544 g/mol. The molecule has 1 fully saturated rings. The van der Waals surface area contributed by atoms with Gasteiger partial charge in [-0.1, -0.05) is 36.8 Å². The van der Waals surface area contributed by atoms with E-state index >= 15 is 0 Å². The lowest BCUT2D eigenvalue weighted by molar-refractivity contribution is -0.192. The Hall–Kier alpha value is -3.70. The first-order valence-electron chi connectivity index (χ1n) is 12.9. The largest absolute Gasteiger partial charge is 0.490 e. The molecule has 5 rings (SSSR count). The van der Waals surface area contributed by atoms with E-state index in [-0.39, 0.29) is 11.7 Å². The summed E-state index contributed by atoms with van der Waals surface area (Å²) in [6.45, 7) is 2.98. The zero-order valence-electron chi connectivity index (χ0n) is 21.4. The molecule has 0 spiro atoms. The lowest BCUT2D eigenvalue weighted by atomic mass is 10.1. The van der Waals surface area contributed by atoms with Gasteiger partial charge < -0.3 is 24.7 Å². The van der Waals surface area contributed by atoms with Crippen molar-refractivity contribution in [3.8, 4) is 11.3 Å². The van der Waals surface area contributed by atoms with Gasteiger partial charge >= 0.3 is 12.1 Å². The van der Waals surface area contributed by atoms with Crippen LogP contribution < -0.4 is 11.3 Å². The molecule has 1 atom stereocenters. The minimum atomic E-state index is -5.08. The first-order chi connectivity index (χ1) is 18.7. The second-order valence-electron chi connectivity index (χ2n) is 9.41. The minimum Gasteiger partial charge on any atom is -0.475 e. The number of benzene rings is 2. The van der Waals surface area contributed by atoms with Crippen molar-refractivity contribution in [2.45, 2.75) is 57.5 Å². The van der Waals surface area contributed by atoms with Gasteiger partial charge in [0.1, 0.15) is 5.69 Å². The molecule has 0 aliphatic carbocycles. The van der Waals surface area contributed by atoms with Crippen LogP contribution in [0.15, 0.2) is 59.5 Å². The van der Waals surface area contributed by atoms with Gasteiger partial charge in [-0.3, -0.25) is 4.79 Å². The zero-order chi connectivity index (χ0) is 28.0. The number of para-hydroxylation sites is 3. The number of hydrogen-bond donors (Lipinski definition) is 2. The molecule has 0 bridgehead atoms. The van der Waals surface area contributed by atoms with Crippen molar-refractivity contribution in [1.29, 1.82) is 0 Å². The summed E-state index contributed by atoms with van der Waals surface area (Å²) in [5.41, 5.74) is 9.88. The Morgan fingerprint density at radius 1 is 1.08 bits per heavy atom. The zero-order valence-corrected chi connectivity index (χ0v) is 21.4. The fourth-order valence-corrected chi connectivity index (χ4v) is 4.78. The number of rotatable bonds is 8. The molecule has 11 heteroatoms. The second kappa shape index (κ2) is 12.4. The highest BCUT2D eigenvalue weighted by Gasteiger charge is 2.38. The number of halogens is 3. The lowest BCUT2D eigenvalue weighted by Crippen LogP contribution is -2.24. The van der Waals surface area contributed by atoms with Crippen LogP contribution in [0.5, 0.6) is 0 Å². The average Bonchev–Trinajstić information content (AvgIpc) is 3.56. The molecule has 1 saturated heterocycles. The van der Waals surface area contributed by atoms with Gasteiger partial charge in [0.2, 0.25) is 0 Å². The SMILES string of the molecule is NCCCCCn1c(=O)c(-c2cn(CC3CCCO3)c3ccccc23)nc2ccccc21.O=C(O)C(F)(F)F. The summed E-state index contributed by atoms with van der Waals surface area (Å²) in [5, 5.41) is 8.18. The van der Waals surface area contributed by atoms with Gasteiger partial charge in [0, 0.05) is 42.4 Å². The Morgan fingerprint density at radius 2 is 1.77 bits per heavy atom. The maximum absolute atomic E-state index is 13.7. The number of aliphatic carboxylic acids is 1. The van der Waals surface area contributed by atoms with Crippen LogP contribution in [0.1, 0.15) is 32.1 Å². The number of carbonyl (C=O) groups is 1. The van der Waals surface area contributed by atoms with E-state index in [1.54, 1.807) is 0 Å². The molecule has 3 heterocycles.